The average Bonchev–Trinajstić information content (AvgIpc) is 2.58. The first kappa shape index (κ1) is 12.5. The Morgan fingerprint density at radius 1 is 1.41 bits per heavy atom. The van der Waals surface area contributed by atoms with Gasteiger partial charge in [0.1, 0.15) is 4.90 Å². The minimum absolute atomic E-state index is 0.220. The molecule has 1 atom stereocenters. The van der Waals surface area contributed by atoms with Gasteiger partial charge in [-0.3, -0.25) is 4.68 Å². The van der Waals surface area contributed by atoms with Crippen LogP contribution in [-0.4, -0.2) is 35.2 Å². The number of hydrogen-bond donors (Lipinski definition) is 1. The SMILES string of the molecule is Cn1cc(S(=O)(=O)N2CCCCCC2N)cn1. The molecule has 0 radical (unpaired) electrons. The van der Waals surface area contributed by atoms with E-state index < -0.39 is 16.2 Å². The maximum Gasteiger partial charge on any atom is 0.247 e. The molecule has 1 fully saturated rings. The van der Waals surface area contributed by atoms with Crippen molar-refractivity contribution >= 4 is 10.0 Å². The van der Waals surface area contributed by atoms with Crippen LogP contribution >= 0.6 is 0 Å². The van der Waals surface area contributed by atoms with Crippen LogP contribution in [0.1, 0.15) is 25.7 Å². The van der Waals surface area contributed by atoms with Crippen LogP contribution in [0.25, 0.3) is 0 Å². The molecule has 0 saturated carbocycles. The van der Waals surface area contributed by atoms with Gasteiger partial charge in [0.25, 0.3) is 0 Å². The third kappa shape index (κ3) is 2.51. The Kier molecular flexibility index (Phi) is 3.50. The van der Waals surface area contributed by atoms with Gasteiger partial charge in [0, 0.05) is 19.8 Å². The molecule has 2 heterocycles. The molecule has 7 heteroatoms. The first-order chi connectivity index (χ1) is 8.01. The first-order valence-electron chi connectivity index (χ1n) is 5.78. The average molecular weight is 258 g/mol. The fraction of sp³-hybridized carbons (Fsp3) is 0.700. The largest absolute Gasteiger partial charge is 0.315 e. The Morgan fingerprint density at radius 3 is 2.82 bits per heavy atom. The van der Waals surface area contributed by atoms with Crippen LogP contribution in [0.5, 0.6) is 0 Å². The van der Waals surface area contributed by atoms with Crippen molar-refractivity contribution in [3.63, 3.8) is 0 Å². The molecule has 1 aliphatic rings. The summed E-state index contributed by atoms with van der Waals surface area (Å²) in [5.74, 6) is 0. The Labute approximate surface area is 101 Å². The first-order valence-corrected chi connectivity index (χ1v) is 7.22. The predicted molar refractivity (Wildman–Crippen MR) is 63.5 cm³/mol. The second kappa shape index (κ2) is 4.75. The lowest BCUT2D eigenvalue weighted by Gasteiger charge is -2.25. The molecule has 2 rings (SSSR count). The van der Waals surface area contributed by atoms with Gasteiger partial charge in [0.15, 0.2) is 0 Å². The smallest absolute Gasteiger partial charge is 0.247 e. The maximum atomic E-state index is 12.4. The highest BCUT2D eigenvalue weighted by Gasteiger charge is 2.31. The molecule has 0 spiro atoms. The van der Waals surface area contributed by atoms with Gasteiger partial charge in [-0.05, 0) is 12.8 Å². The predicted octanol–water partition coefficient (Wildman–Crippen LogP) is 0.270. The summed E-state index contributed by atoms with van der Waals surface area (Å²) in [6, 6.07) is 0. The molecule has 1 saturated heterocycles. The molecule has 96 valence electrons. The quantitative estimate of drug-likeness (QED) is 0.825. The lowest BCUT2D eigenvalue weighted by molar-refractivity contribution is 0.329. The van der Waals surface area contributed by atoms with Gasteiger partial charge in [0.05, 0.1) is 12.4 Å². The second-order valence-corrected chi connectivity index (χ2v) is 6.27. The summed E-state index contributed by atoms with van der Waals surface area (Å²) < 4.78 is 27.6. The molecular formula is C10H18N4O2S. The number of rotatable bonds is 2. The van der Waals surface area contributed by atoms with E-state index >= 15 is 0 Å². The van der Waals surface area contributed by atoms with E-state index in [2.05, 4.69) is 5.10 Å². The summed E-state index contributed by atoms with van der Waals surface area (Å²) in [4.78, 5) is 0.220. The van der Waals surface area contributed by atoms with Crippen LogP contribution < -0.4 is 5.73 Å². The van der Waals surface area contributed by atoms with Crippen LogP contribution in [0, 0.1) is 0 Å². The minimum Gasteiger partial charge on any atom is -0.315 e. The molecule has 0 amide bonds. The van der Waals surface area contributed by atoms with Crippen molar-refractivity contribution in [3.8, 4) is 0 Å². The standard InChI is InChI=1S/C10H18N4O2S/c1-13-8-9(7-12-13)17(15,16)14-6-4-2-3-5-10(14)11/h7-8,10H,2-6,11H2,1H3. The van der Waals surface area contributed by atoms with Crippen LogP contribution in [0.4, 0.5) is 0 Å². The molecule has 0 aromatic carbocycles. The van der Waals surface area contributed by atoms with E-state index in [1.54, 1.807) is 7.05 Å². The van der Waals surface area contributed by atoms with Crippen molar-refractivity contribution in [2.24, 2.45) is 12.8 Å². The Morgan fingerprint density at radius 2 is 2.18 bits per heavy atom. The third-order valence-electron chi connectivity index (χ3n) is 3.04. The number of sulfonamides is 1. The fourth-order valence-electron chi connectivity index (χ4n) is 2.07. The number of aryl methyl sites for hydroxylation is 1. The molecule has 2 N–H and O–H groups in total. The van der Waals surface area contributed by atoms with E-state index in [1.165, 1.54) is 21.4 Å². The fourth-order valence-corrected chi connectivity index (χ4v) is 3.64. The summed E-state index contributed by atoms with van der Waals surface area (Å²) in [5, 5.41) is 3.90. The molecular weight excluding hydrogens is 240 g/mol. The van der Waals surface area contributed by atoms with Gasteiger partial charge in [-0.15, -0.1) is 0 Å². The van der Waals surface area contributed by atoms with Crippen LogP contribution in [0.3, 0.4) is 0 Å². The molecule has 1 aromatic rings. The zero-order valence-corrected chi connectivity index (χ0v) is 10.7. The Hall–Kier alpha value is -0.920. The summed E-state index contributed by atoms with van der Waals surface area (Å²) >= 11 is 0. The number of aromatic nitrogens is 2. The van der Waals surface area contributed by atoms with E-state index in [4.69, 9.17) is 5.73 Å². The molecule has 1 unspecified atom stereocenters. The topological polar surface area (TPSA) is 81.2 Å². The monoisotopic (exact) mass is 258 g/mol. The van der Waals surface area contributed by atoms with Gasteiger partial charge in [-0.1, -0.05) is 12.8 Å². The van der Waals surface area contributed by atoms with Gasteiger partial charge < -0.3 is 5.73 Å². The lowest BCUT2D eigenvalue weighted by Crippen LogP contribution is -2.45. The van der Waals surface area contributed by atoms with Gasteiger partial charge in [0.2, 0.25) is 10.0 Å². The van der Waals surface area contributed by atoms with E-state index in [-0.39, 0.29) is 4.90 Å². The Bertz CT molecular complexity index is 482. The van der Waals surface area contributed by atoms with Crippen molar-refractivity contribution in [1.29, 1.82) is 0 Å². The lowest BCUT2D eigenvalue weighted by atomic mass is 10.2. The van der Waals surface area contributed by atoms with E-state index in [9.17, 15) is 8.42 Å². The van der Waals surface area contributed by atoms with Crippen molar-refractivity contribution in [3.05, 3.63) is 12.4 Å². The van der Waals surface area contributed by atoms with Crippen molar-refractivity contribution in [2.75, 3.05) is 6.54 Å². The highest BCUT2D eigenvalue weighted by molar-refractivity contribution is 7.89. The van der Waals surface area contributed by atoms with Crippen LogP contribution in [0.15, 0.2) is 17.3 Å². The van der Waals surface area contributed by atoms with Crippen molar-refractivity contribution < 1.29 is 8.42 Å². The summed E-state index contributed by atoms with van der Waals surface area (Å²) in [6.07, 6.45) is 6.07. The molecule has 1 aromatic heterocycles. The van der Waals surface area contributed by atoms with E-state index in [0.29, 0.717) is 6.54 Å². The molecule has 0 bridgehead atoms. The maximum absolute atomic E-state index is 12.4. The van der Waals surface area contributed by atoms with Crippen LogP contribution in [0.2, 0.25) is 0 Å². The Balaban J connectivity index is 2.30. The third-order valence-corrected chi connectivity index (χ3v) is 4.91. The highest BCUT2D eigenvalue weighted by Crippen LogP contribution is 2.21. The molecule has 17 heavy (non-hydrogen) atoms. The van der Waals surface area contributed by atoms with E-state index in [0.717, 1.165) is 25.7 Å². The molecule has 1 aliphatic heterocycles. The number of hydrogen-bond acceptors (Lipinski definition) is 4. The summed E-state index contributed by atoms with van der Waals surface area (Å²) in [6.45, 7) is 0.498. The summed E-state index contributed by atoms with van der Waals surface area (Å²) in [7, 11) is -1.79. The normalized spacial score (nSPS) is 23.5. The zero-order valence-electron chi connectivity index (χ0n) is 9.91. The highest BCUT2D eigenvalue weighted by atomic mass is 32.2. The zero-order chi connectivity index (χ0) is 12.5. The van der Waals surface area contributed by atoms with E-state index in [1.807, 2.05) is 0 Å². The second-order valence-electron chi connectivity index (χ2n) is 4.38. The van der Waals surface area contributed by atoms with Crippen molar-refractivity contribution in [2.45, 2.75) is 36.7 Å². The minimum atomic E-state index is -3.49. The van der Waals surface area contributed by atoms with Crippen molar-refractivity contribution in [1.82, 2.24) is 14.1 Å². The summed E-state index contributed by atoms with van der Waals surface area (Å²) in [5.41, 5.74) is 5.93. The number of nitrogens with two attached hydrogens (primary N) is 1. The van der Waals surface area contributed by atoms with Gasteiger partial charge in [-0.2, -0.15) is 9.40 Å². The van der Waals surface area contributed by atoms with Gasteiger partial charge >= 0.3 is 0 Å². The number of nitrogens with zero attached hydrogens (tertiary/aromatic N) is 3. The molecule has 6 nitrogen and oxygen atoms in total. The molecule has 0 aliphatic carbocycles. The van der Waals surface area contributed by atoms with Gasteiger partial charge in [-0.25, -0.2) is 8.42 Å². The van der Waals surface area contributed by atoms with Crippen LogP contribution in [-0.2, 0) is 17.1 Å².